The molecule has 184 valence electrons. The van der Waals surface area contributed by atoms with Gasteiger partial charge in [0.15, 0.2) is 9.84 Å². The van der Waals surface area contributed by atoms with Crippen LogP contribution in [0.15, 0.2) is 41.8 Å². The quantitative estimate of drug-likeness (QED) is 0.506. The highest BCUT2D eigenvalue weighted by molar-refractivity contribution is 7.93. The van der Waals surface area contributed by atoms with Crippen molar-refractivity contribution in [2.75, 3.05) is 18.7 Å². The van der Waals surface area contributed by atoms with Crippen LogP contribution in [0.25, 0.3) is 0 Å². The number of benzene rings is 1. The van der Waals surface area contributed by atoms with E-state index in [-0.39, 0.29) is 29.3 Å². The smallest absolute Gasteiger partial charge is 0.433 e. The monoisotopic (exact) mass is 501 g/mol. The van der Waals surface area contributed by atoms with E-state index in [0.29, 0.717) is 6.07 Å². The maximum Gasteiger partial charge on any atom is 0.433 e. The first-order valence-corrected chi connectivity index (χ1v) is 12.2. The molecule has 1 aliphatic rings. The first kappa shape index (κ1) is 25.5. The lowest BCUT2D eigenvalue weighted by Crippen LogP contribution is -2.35. The van der Waals surface area contributed by atoms with Crippen molar-refractivity contribution in [2.45, 2.75) is 31.6 Å². The van der Waals surface area contributed by atoms with Gasteiger partial charge in [-0.05, 0) is 43.0 Å². The van der Waals surface area contributed by atoms with Crippen molar-refractivity contribution in [1.82, 2.24) is 10.3 Å². The SMILES string of the molecule is COc1cccc(F)c1CNc1nc(C(F)(F)F)ccc1C(=O)N[C@H](/C=C/S(C)(=O)=O)C1CC1. The largest absolute Gasteiger partial charge is 0.496 e. The molecule has 3 rings (SSSR count). The molecule has 1 aromatic heterocycles. The van der Waals surface area contributed by atoms with Gasteiger partial charge in [-0.15, -0.1) is 0 Å². The Morgan fingerprint density at radius 1 is 1.26 bits per heavy atom. The molecule has 0 radical (unpaired) electrons. The predicted molar refractivity (Wildman–Crippen MR) is 117 cm³/mol. The molecule has 1 aliphatic carbocycles. The fourth-order valence-electron chi connectivity index (χ4n) is 3.24. The van der Waals surface area contributed by atoms with Crippen molar-refractivity contribution in [1.29, 1.82) is 0 Å². The van der Waals surface area contributed by atoms with Crippen LogP contribution in [0.3, 0.4) is 0 Å². The molecule has 0 saturated heterocycles. The number of amides is 1. The average molecular weight is 502 g/mol. The van der Waals surface area contributed by atoms with E-state index < -0.39 is 45.3 Å². The fourth-order valence-corrected chi connectivity index (χ4v) is 3.70. The van der Waals surface area contributed by atoms with Crippen molar-refractivity contribution in [3.8, 4) is 5.75 Å². The zero-order chi connectivity index (χ0) is 25.1. The summed E-state index contributed by atoms with van der Waals surface area (Å²) in [4.78, 5) is 16.5. The van der Waals surface area contributed by atoms with Crippen molar-refractivity contribution in [3.63, 3.8) is 0 Å². The molecule has 7 nitrogen and oxygen atoms in total. The summed E-state index contributed by atoms with van der Waals surface area (Å²) in [7, 11) is -2.11. The number of halogens is 4. The number of carbonyl (C=O) groups is 1. The molecule has 1 fully saturated rings. The Labute approximate surface area is 194 Å². The second-order valence-corrected chi connectivity index (χ2v) is 9.79. The van der Waals surface area contributed by atoms with E-state index in [0.717, 1.165) is 30.6 Å². The maximum absolute atomic E-state index is 14.3. The van der Waals surface area contributed by atoms with E-state index in [2.05, 4.69) is 15.6 Å². The first-order chi connectivity index (χ1) is 15.9. The van der Waals surface area contributed by atoms with Crippen molar-refractivity contribution >= 4 is 21.6 Å². The highest BCUT2D eigenvalue weighted by atomic mass is 32.2. The third kappa shape index (κ3) is 6.69. The van der Waals surface area contributed by atoms with Crippen molar-refractivity contribution in [2.24, 2.45) is 5.92 Å². The molecule has 0 aliphatic heterocycles. The van der Waals surface area contributed by atoms with E-state index in [1.54, 1.807) is 0 Å². The highest BCUT2D eigenvalue weighted by Gasteiger charge is 2.35. The van der Waals surface area contributed by atoms with Gasteiger partial charge in [-0.2, -0.15) is 13.2 Å². The number of hydrogen-bond acceptors (Lipinski definition) is 6. The minimum Gasteiger partial charge on any atom is -0.496 e. The Morgan fingerprint density at radius 2 is 1.97 bits per heavy atom. The number of hydrogen-bond donors (Lipinski definition) is 2. The number of aromatic nitrogens is 1. The summed E-state index contributed by atoms with van der Waals surface area (Å²) in [6, 6.07) is 5.09. The molecule has 1 amide bonds. The maximum atomic E-state index is 14.3. The molecule has 34 heavy (non-hydrogen) atoms. The Kier molecular flexibility index (Phi) is 7.49. The number of alkyl halides is 3. The minimum atomic E-state index is -4.77. The molecule has 2 N–H and O–H groups in total. The molecule has 1 saturated carbocycles. The second-order valence-electron chi connectivity index (χ2n) is 7.86. The molecule has 1 heterocycles. The molecule has 1 aromatic carbocycles. The van der Waals surface area contributed by atoms with Gasteiger partial charge in [0, 0.05) is 23.8 Å². The number of ether oxygens (including phenoxy) is 1. The molecule has 0 spiro atoms. The summed E-state index contributed by atoms with van der Waals surface area (Å²) in [5.41, 5.74) is -1.40. The van der Waals surface area contributed by atoms with Gasteiger partial charge in [0.25, 0.3) is 5.91 Å². The summed E-state index contributed by atoms with van der Waals surface area (Å²) in [5.74, 6) is -1.61. The summed E-state index contributed by atoms with van der Waals surface area (Å²) < 4.78 is 82.0. The summed E-state index contributed by atoms with van der Waals surface area (Å²) in [6.45, 7) is -0.301. The Hall–Kier alpha value is -3.15. The lowest BCUT2D eigenvalue weighted by Gasteiger charge is -2.18. The summed E-state index contributed by atoms with van der Waals surface area (Å²) in [6.07, 6.45) is -0.880. The highest BCUT2D eigenvalue weighted by Crippen LogP contribution is 2.34. The zero-order valence-corrected chi connectivity index (χ0v) is 19.1. The lowest BCUT2D eigenvalue weighted by atomic mass is 10.1. The first-order valence-electron chi connectivity index (χ1n) is 10.2. The van der Waals surface area contributed by atoms with Gasteiger partial charge < -0.3 is 15.4 Å². The third-order valence-corrected chi connectivity index (χ3v) is 5.77. The molecular weight excluding hydrogens is 478 g/mol. The van der Waals surface area contributed by atoms with Gasteiger partial charge in [-0.3, -0.25) is 4.79 Å². The van der Waals surface area contributed by atoms with Crippen LogP contribution >= 0.6 is 0 Å². The number of sulfone groups is 1. The van der Waals surface area contributed by atoms with E-state index in [9.17, 15) is 30.8 Å². The summed E-state index contributed by atoms with van der Waals surface area (Å²) in [5, 5.41) is 6.23. The lowest BCUT2D eigenvalue weighted by molar-refractivity contribution is -0.141. The van der Waals surface area contributed by atoms with E-state index in [1.165, 1.54) is 31.4 Å². The van der Waals surface area contributed by atoms with Crippen molar-refractivity contribution < 1.29 is 35.5 Å². The Morgan fingerprint density at radius 3 is 2.56 bits per heavy atom. The number of pyridine rings is 1. The van der Waals surface area contributed by atoms with E-state index in [1.807, 2.05) is 0 Å². The van der Waals surface area contributed by atoms with Crippen LogP contribution in [0.1, 0.15) is 34.5 Å². The van der Waals surface area contributed by atoms with Gasteiger partial charge >= 0.3 is 6.18 Å². The number of rotatable bonds is 9. The number of anilines is 1. The zero-order valence-electron chi connectivity index (χ0n) is 18.3. The number of nitrogens with one attached hydrogen (secondary N) is 2. The molecule has 2 aromatic rings. The predicted octanol–water partition coefficient (Wildman–Crippen LogP) is 3.93. The van der Waals surface area contributed by atoms with Crippen molar-refractivity contribution in [3.05, 3.63) is 64.5 Å². The average Bonchev–Trinajstić information content (AvgIpc) is 3.59. The van der Waals surface area contributed by atoms with Gasteiger partial charge in [-0.1, -0.05) is 12.1 Å². The van der Waals surface area contributed by atoms with Crippen LogP contribution in [0, 0.1) is 11.7 Å². The van der Waals surface area contributed by atoms with Crippen LogP contribution in [-0.4, -0.2) is 38.7 Å². The number of methoxy groups -OCH3 is 1. The molecular formula is C22H23F4N3O4S. The minimum absolute atomic E-state index is 0.0171. The van der Waals surface area contributed by atoms with Gasteiger partial charge in [0.2, 0.25) is 0 Å². The van der Waals surface area contributed by atoms with E-state index >= 15 is 0 Å². The van der Waals surface area contributed by atoms with Gasteiger partial charge in [-0.25, -0.2) is 17.8 Å². The van der Waals surface area contributed by atoms with Crippen LogP contribution in [0.5, 0.6) is 5.75 Å². The van der Waals surface area contributed by atoms with Gasteiger partial charge in [0.1, 0.15) is 23.1 Å². The van der Waals surface area contributed by atoms with E-state index in [4.69, 9.17) is 4.74 Å². The molecule has 12 heteroatoms. The number of carbonyl (C=O) groups excluding carboxylic acids is 1. The number of nitrogens with zero attached hydrogens (tertiary/aromatic N) is 1. The molecule has 0 bridgehead atoms. The fraction of sp³-hybridized carbons (Fsp3) is 0.364. The molecule has 1 atom stereocenters. The third-order valence-electron chi connectivity index (χ3n) is 5.12. The summed E-state index contributed by atoms with van der Waals surface area (Å²) >= 11 is 0. The van der Waals surface area contributed by atoms with Gasteiger partial charge in [0.05, 0.1) is 18.7 Å². The van der Waals surface area contributed by atoms with Crippen LogP contribution in [0.2, 0.25) is 0 Å². The standard InChI is InChI=1S/C22H23F4N3O4S/c1-33-18-5-3-4-16(23)15(18)12-27-20-14(8-9-19(29-20)22(24,25)26)21(30)28-17(13-6-7-13)10-11-34(2,31)32/h3-5,8-11,13,17H,6-7,12H2,1-2H3,(H,27,29)(H,28,30)/b11-10+/t17-/m1/s1. The molecule has 0 unspecified atom stereocenters. The topological polar surface area (TPSA) is 97.4 Å². The Bertz CT molecular complexity index is 1200. The van der Waals surface area contributed by atoms with Crippen LogP contribution in [0.4, 0.5) is 23.4 Å². The van der Waals surface area contributed by atoms with Crippen LogP contribution < -0.4 is 15.4 Å². The second kappa shape index (κ2) is 10.00. The normalized spacial score (nSPS) is 15.2. The Balaban J connectivity index is 1.91. The van der Waals surface area contributed by atoms with Crippen LogP contribution in [-0.2, 0) is 22.6 Å².